The molecule has 4 fully saturated rings. The summed E-state index contributed by atoms with van der Waals surface area (Å²) in [5, 5.41) is 10.3. The van der Waals surface area contributed by atoms with Crippen molar-refractivity contribution in [3.63, 3.8) is 0 Å². The minimum Gasteiger partial charge on any atom is -0.280 e. The summed E-state index contributed by atoms with van der Waals surface area (Å²) in [5.74, 6) is 3.14. The molecule has 0 aromatic heterocycles. The molecule has 22 heavy (non-hydrogen) atoms. The first-order chi connectivity index (χ1) is 10.8. The van der Waals surface area contributed by atoms with E-state index in [0.29, 0.717) is 11.8 Å². The molecular weight excluding hydrogens is 268 g/mol. The van der Waals surface area contributed by atoms with Gasteiger partial charge < -0.3 is 0 Å². The molecule has 2 nitrogen and oxygen atoms in total. The van der Waals surface area contributed by atoms with Gasteiger partial charge in [-0.05, 0) is 73.3 Å². The molecule has 0 radical (unpaired) electrons. The quantitative estimate of drug-likeness (QED) is 0.788. The van der Waals surface area contributed by atoms with Crippen molar-refractivity contribution in [2.45, 2.75) is 50.6 Å². The first kappa shape index (κ1) is 13.1. The van der Waals surface area contributed by atoms with Crippen LogP contribution in [0.1, 0.15) is 43.2 Å². The predicted molar refractivity (Wildman–Crippen MR) is 85.9 cm³/mol. The lowest BCUT2D eigenvalue weighted by atomic mass is 9.48. The van der Waals surface area contributed by atoms with Gasteiger partial charge in [-0.15, -0.1) is 0 Å². The first-order valence-corrected chi connectivity index (χ1v) is 9.02. The van der Waals surface area contributed by atoms with Gasteiger partial charge in [-0.1, -0.05) is 24.3 Å². The molecule has 4 bridgehead atoms. The van der Waals surface area contributed by atoms with Crippen molar-refractivity contribution in [3.8, 4) is 6.07 Å². The molecule has 6 rings (SSSR count). The third kappa shape index (κ3) is 1.64. The van der Waals surface area contributed by atoms with Crippen molar-refractivity contribution < 1.29 is 0 Å². The lowest BCUT2D eigenvalue weighted by Gasteiger charge is -2.62. The zero-order valence-electron chi connectivity index (χ0n) is 13.2. The summed E-state index contributed by atoms with van der Waals surface area (Å²) in [5.41, 5.74) is 2.80. The topological polar surface area (TPSA) is 27.0 Å². The number of nitrogens with zero attached hydrogens (tertiary/aromatic N) is 2. The fourth-order valence-corrected chi connectivity index (χ4v) is 6.48. The molecule has 0 unspecified atom stereocenters. The number of benzene rings is 1. The van der Waals surface area contributed by atoms with Gasteiger partial charge in [0.05, 0.1) is 6.07 Å². The number of hydrogen-bond donors (Lipinski definition) is 0. The molecule has 114 valence electrons. The lowest BCUT2D eigenvalue weighted by molar-refractivity contribution is -0.110. The van der Waals surface area contributed by atoms with Crippen molar-refractivity contribution in [3.05, 3.63) is 35.4 Å². The second-order valence-corrected chi connectivity index (χ2v) is 8.18. The van der Waals surface area contributed by atoms with Crippen molar-refractivity contribution in [1.29, 1.82) is 5.26 Å². The highest BCUT2D eigenvalue weighted by Crippen LogP contribution is 2.60. The van der Waals surface area contributed by atoms with Crippen LogP contribution in [0.5, 0.6) is 0 Å². The van der Waals surface area contributed by atoms with E-state index in [4.69, 9.17) is 0 Å². The largest absolute Gasteiger partial charge is 0.280 e. The van der Waals surface area contributed by atoms with Crippen LogP contribution in [0.15, 0.2) is 24.3 Å². The van der Waals surface area contributed by atoms with Gasteiger partial charge in [0, 0.05) is 13.1 Å². The van der Waals surface area contributed by atoms with Crippen LogP contribution in [0.2, 0.25) is 0 Å². The Morgan fingerprint density at radius 1 is 0.955 bits per heavy atom. The van der Waals surface area contributed by atoms with Crippen molar-refractivity contribution in [1.82, 2.24) is 4.90 Å². The monoisotopic (exact) mass is 292 g/mol. The summed E-state index contributed by atoms with van der Waals surface area (Å²) in [7, 11) is 0. The minimum atomic E-state index is -0.152. The van der Waals surface area contributed by atoms with E-state index in [9.17, 15) is 5.26 Å². The number of rotatable bonds is 1. The molecule has 1 aromatic carbocycles. The summed E-state index contributed by atoms with van der Waals surface area (Å²) in [6, 6.07) is 11.7. The highest BCUT2D eigenvalue weighted by Gasteiger charge is 2.60. The second-order valence-electron chi connectivity index (χ2n) is 8.18. The van der Waals surface area contributed by atoms with Crippen LogP contribution in [0.3, 0.4) is 0 Å². The Morgan fingerprint density at radius 2 is 1.59 bits per heavy atom. The molecule has 5 aliphatic rings. The average Bonchev–Trinajstić information content (AvgIpc) is 2.54. The molecule has 4 saturated carbocycles. The van der Waals surface area contributed by atoms with E-state index >= 15 is 0 Å². The van der Waals surface area contributed by atoms with Crippen LogP contribution in [0.25, 0.3) is 0 Å². The number of nitriles is 1. The van der Waals surface area contributed by atoms with Crippen LogP contribution in [0.4, 0.5) is 0 Å². The molecule has 4 aliphatic carbocycles. The first-order valence-electron chi connectivity index (χ1n) is 9.02. The Hall–Kier alpha value is -1.33. The molecular formula is C20H24N2. The maximum absolute atomic E-state index is 10.3. The fourth-order valence-electron chi connectivity index (χ4n) is 6.48. The summed E-state index contributed by atoms with van der Waals surface area (Å²) in [6.45, 7) is 2.07. The van der Waals surface area contributed by atoms with Gasteiger partial charge in [-0.25, -0.2) is 0 Å². The fraction of sp³-hybridized carbons (Fsp3) is 0.650. The average molecular weight is 292 g/mol. The molecule has 0 N–H and O–H groups in total. The second kappa shape index (κ2) is 4.59. The van der Waals surface area contributed by atoms with Gasteiger partial charge in [0.15, 0.2) is 0 Å². The molecule has 0 atom stereocenters. The van der Waals surface area contributed by atoms with Crippen LogP contribution >= 0.6 is 0 Å². The highest BCUT2D eigenvalue weighted by molar-refractivity contribution is 5.32. The lowest BCUT2D eigenvalue weighted by Crippen LogP contribution is -2.65. The van der Waals surface area contributed by atoms with Gasteiger partial charge in [-0.3, -0.25) is 4.90 Å². The number of fused-ring (bicyclic) bond motifs is 1. The van der Waals surface area contributed by atoms with Crippen LogP contribution in [0, 0.1) is 35.0 Å². The Bertz CT molecular complexity index is 613. The third-order valence-corrected chi connectivity index (χ3v) is 7.22. The predicted octanol–water partition coefficient (Wildman–Crippen LogP) is 3.76. The summed E-state index contributed by atoms with van der Waals surface area (Å²) < 4.78 is 0. The maximum Gasteiger partial charge on any atom is 0.115 e. The zero-order chi connectivity index (χ0) is 14.7. The number of hydrogen-bond acceptors (Lipinski definition) is 2. The van der Waals surface area contributed by atoms with E-state index in [1.54, 1.807) is 0 Å². The summed E-state index contributed by atoms with van der Waals surface area (Å²) >= 11 is 0. The van der Waals surface area contributed by atoms with E-state index in [1.807, 2.05) is 0 Å². The van der Waals surface area contributed by atoms with Crippen molar-refractivity contribution in [2.75, 3.05) is 6.54 Å². The summed E-state index contributed by atoms with van der Waals surface area (Å²) in [4.78, 5) is 2.59. The Morgan fingerprint density at radius 3 is 2.23 bits per heavy atom. The molecule has 0 spiro atoms. The summed E-state index contributed by atoms with van der Waals surface area (Å²) in [6.07, 6.45) is 7.85. The van der Waals surface area contributed by atoms with Crippen molar-refractivity contribution in [2.24, 2.45) is 23.7 Å². The normalized spacial score (nSPS) is 42.9. The third-order valence-electron chi connectivity index (χ3n) is 7.22. The molecule has 2 heteroatoms. The van der Waals surface area contributed by atoms with E-state index in [-0.39, 0.29) is 5.54 Å². The van der Waals surface area contributed by atoms with Gasteiger partial charge in [0.25, 0.3) is 0 Å². The Kier molecular flexibility index (Phi) is 2.74. The van der Waals surface area contributed by atoms with E-state index in [0.717, 1.165) is 31.3 Å². The molecule has 0 amide bonds. The smallest absolute Gasteiger partial charge is 0.115 e. The van der Waals surface area contributed by atoms with Crippen LogP contribution in [-0.4, -0.2) is 17.0 Å². The molecule has 1 heterocycles. The standard InChI is InChI=1S/C20H24N2/c21-13-20(18-8-14-7-15(10-18)11-19(20)9-14)22-6-5-16-3-1-2-4-17(16)12-22/h1-4,14-15,18-19H,5-12H2. The molecule has 1 aromatic rings. The Labute approximate surface area is 133 Å². The maximum atomic E-state index is 10.3. The molecule has 1 aliphatic heterocycles. The van der Waals surface area contributed by atoms with Crippen LogP contribution < -0.4 is 0 Å². The Balaban J connectivity index is 1.52. The van der Waals surface area contributed by atoms with E-state index in [2.05, 4.69) is 35.2 Å². The SMILES string of the molecule is N#CC1(N2CCc3ccccc3C2)C2CC3CC(C2)CC1C3. The van der Waals surface area contributed by atoms with Gasteiger partial charge >= 0.3 is 0 Å². The van der Waals surface area contributed by atoms with E-state index < -0.39 is 0 Å². The highest BCUT2D eigenvalue weighted by atomic mass is 15.2. The molecule has 0 saturated heterocycles. The van der Waals surface area contributed by atoms with Gasteiger partial charge in [-0.2, -0.15) is 5.26 Å². The minimum absolute atomic E-state index is 0.152. The zero-order valence-corrected chi connectivity index (χ0v) is 13.2. The van der Waals surface area contributed by atoms with Gasteiger partial charge in [0.2, 0.25) is 0 Å². The van der Waals surface area contributed by atoms with Crippen LogP contribution in [-0.2, 0) is 13.0 Å². The van der Waals surface area contributed by atoms with E-state index in [1.165, 1.54) is 43.2 Å². The van der Waals surface area contributed by atoms with Crippen molar-refractivity contribution >= 4 is 0 Å². The van der Waals surface area contributed by atoms with Gasteiger partial charge in [0.1, 0.15) is 5.54 Å².